The molecule has 7 heteroatoms. The Kier molecular flexibility index (Phi) is 6.83. The van der Waals surface area contributed by atoms with E-state index in [1.165, 1.54) is 0 Å². The summed E-state index contributed by atoms with van der Waals surface area (Å²) in [5.41, 5.74) is 12.0. The van der Waals surface area contributed by atoms with Crippen LogP contribution in [0, 0.1) is 0 Å². The van der Waals surface area contributed by atoms with Gasteiger partial charge in [-0.2, -0.15) is 0 Å². The van der Waals surface area contributed by atoms with E-state index >= 15 is 0 Å². The number of rotatable bonds is 8. The van der Waals surface area contributed by atoms with E-state index in [2.05, 4.69) is 10.5 Å². The molecule has 6 N–H and O–H groups in total. The van der Waals surface area contributed by atoms with E-state index in [1.54, 1.807) is 12.1 Å². The van der Waals surface area contributed by atoms with E-state index in [9.17, 15) is 4.79 Å². The van der Waals surface area contributed by atoms with Gasteiger partial charge in [-0.15, -0.1) is 0 Å². The van der Waals surface area contributed by atoms with Crippen molar-refractivity contribution in [2.45, 2.75) is 25.8 Å². The average molecular weight is 299 g/mol. The molecule has 1 amide bonds. The van der Waals surface area contributed by atoms with Gasteiger partial charge in [-0.3, -0.25) is 4.79 Å². The molecule has 0 aliphatic rings. The summed E-state index contributed by atoms with van der Waals surface area (Å²) in [6.07, 6.45) is 2.07. The van der Waals surface area contributed by atoms with Gasteiger partial charge in [0.1, 0.15) is 0 Å². The average Bonchev–Trinajstić information content (AvgIpc) is 2.42. The van der Waals surface area contributed by atoms with Crippen molar-refractivity contribution in [3.05, 3.63) is 34.3 Å². The highest BCUT2D eigenvalue weighted by Crippen LogP contribution is 2.17. The quantitative estimate of drug-likeness (QED) is 0.190. The summed E-state index contributed by atoms with van der Waals surface area (Å²) in [5.74, 6) is -0.246. The van der Waals surface area contributed by atoms with Crippen LogP contribution in [0.4, 0.5) is 0 Å². The lowest BCUT2D eigenvalue weighted by molar-refractivity contribution is -0.118. The zero-order valence-electron chi connectivity index (χ0n) is 11.1. The molecule has 0 aromatic heterocycles. The molecule has 0 spiro atoms. The van der Waals surface area contributed by atoms with Gasteiger partial charge in [0.2, 0.25) is 5.91 Å². The smallest absolute Gasteiger partial charge is 0.217 e. The number of halogens is 1. The number of carbonyl (C=O) groups excluding carboxylic acids is 1. The van der Waals surface area contributed by atoms with Gasteiger partial charge in [0, 0.05) is 23.6 Å². The molecule has 6 nitrogen and oxygen atoms in total. The number of benzene rings is 1. The molecule has 0 radical (unpaired) electrons. The van der Waals surface area contributed by atoms with Gasteiger partial charge in [-0.05, 0) is 31.0 Å². The van der Waals surface area contributed by atoms with Crippen LogP contribution in [0.2, 0.25) is 5.02 Å². The van der Waals surface area contributed by atoms with Gasteiger partial charge in [-0.1, -0.05) is 28.9 Å². The van der Waals surface area contributed by atoms with Crippen molar-refractivity contribution in [1.29, 1.82) is 0 Å². The highest BCUT2D eigenvalue weighted by atomic mass is 35.5. The van der Waals surface area contributed by atoms with Crippen LogP contribution in [-0.2, 0) is 11.3 Å². The van der Waals surface area contributed by atoms with Crippen molar-refractivity contribution < 1.29 is 10.0 Å². The maximum Gasteiger partial charge on any atom is 0.217 e. The van der Waals surface area contributed by atoms with Gasteiger partial charge in [-0.25, -0.2) is 0 Å². The van der Waals surface area contributed by atoms with Crippen LogP contribution < -0.4 is 16.8 Å². The summed E-state index contributed by atoms with van der Waals surface area (Å²) in [4.78, 5) is 10.6. The molecule has 0 heterocycles. The zero-order chi connectivity index (χ0) is 15.0. The summed E-state index contributed by atoms with van der Waals surface area (Å²) < 4.78 is 0. The molecule has 0 aliphatic carbocycles. The maximum absolute atomic E-state index is 10.6. The fourth-order valence-corrected chi connectivity index (χ4v) is 1.93. The van der Waals surface area contributed by atoms with Gasteiger partial charge in [0.15, 0.2) is 5.84 Å². The number of hydrogen-bond acceptors (Lipinski definition) is 4. The molecule has 0 bridgehead atoms. The molecule has 0 atom stereocenters. The van der Waals surface area contributed by atoms with Crippen LogP contribution in [0.5, 0.6) is 0 Å². The minimum Gasteiger partial charge on any atom is -0.409 e. The molecule has 1 aromatic carbocycles. The highest BCUT2D eigenvalue weighted by Gasteiger charge is 2.05. The first-order valence-corrected chi connectivity index (χ1v) is 6.67. The Bertz CT molecular complexity index is 491. The van der Waals surface area contributed by atoms with E-state index in [4.69, 9.17) is 28.3 Å². The van der Waals surface area contributed by atoms with Crippen LogP contribution in [0.1, 0.15) is 30.4 Å². The standard InChI is InChI=1S/C13H19ClN4O2/c14-11-7-9(13(16)18-20)4-5-10(11)8-17-6-2-1-3-12(15)19/h4-5,7,17,20H,1-3,6,8H2,(H2,15,19)(H2,16,18). The fraction of sp³-hybridized carbons (Fsp3) is 0.385. The number of amides is 1. The normalized spacial score (nSPS) is 11.6. The molecule has 0 fully saturated rings. The molecular formula is C13H19ClN4O2. The second kappa shape index (κ2) is 8.39. The lowest BCUT2D eigenvalue weighted by Crippen LogP contribution is -2.17. The van der Waals surface area contributed by atoms with E-state index in [0.29, 0.717) is 23.6 Å². The van der Waals surface area contributed by atoms with Crippen LogP contribution >= 0.6 is 11.6 Å². The number of carbonyl (C=O) groups is 1. The van der Waals surface area contributed by atoms with Gasteiger partial charge in [0.05, 0.1) is 0 Å². The Morgan fingerprint density at radius 3 is 2.70 bits per heavy atom. The Morgan fingerprint density at radius 2 is 2.10 bits per heavy atom. The molecular weight excluding hydrogens is 280 g/mol. The number of oxime groups is 1. The number of hydrogen-bond donors (Lipinski definition) is 4. The second-order valence-electron chi connectivity index (χ2n) is 4.39. The number of nitrogens with zero attached hydrogens (tertiary/aromatic N) is 1. The number of primary amides is 1. The Morgan fingerprint density at radius 1 is 1.35 bits per heavy atom. The molecule has 20 heavy (non-hydrogen) atoms. The molecule has 1 rings (SSSR count). The van der Waals surface area contributed by atoms with Crippen LogP contribution in [0.15, 0.2) is 23.4 Å². The predicted octanol–water partition coefficient (Wildman–Crippen LogP) is 1.18. The largest absolute Gasteiger partial charge is 0.409 e. The van der Waals surface area contributed by atoms with E-state index < -0.39 is 0 Å². The first-order valence-electron chi connectivity index (χ1n) is 6.30. The topological polar surface area (TPSA) is 114 Å². The van der Waals surface area contributed by atoms with Gasteiger partial charge < -0.3 is 22.0 Å². The van der Waals surface area contributed by atoms with E-state index in [1.807, 2.05) is 6.07 Å². The first-order chi connectivity index (χ1) is 9.54. The molecule has 0 saturated heterocycles. The number of nitrogens with two attached hydrogens (primary N) is 2. The summed E-state index contributed by atoms with van der Waals surface area (Å²) in [7, 11) is 0. The lowest BCUT2D eigenvalue weighted by Gasteiger charge is -2.08. The highest BCUT2D eigenvalue weighted by molar-refractivity contribution is 6.31. The van der Waals surface area contributed by atoms with Gasteiger partial charge >= 0.3 is 0 Å². The minimum atomic E-state index is -0.272. The van der Waals surface area contributed by atoms with Gasteiger partial charge in [0.25, 0.3) is 0 Å². The second-order valence-corrected chi connectivity index (χ2v) is 4.80. The van der Waals surface area contributed by atoms with Crippen LogP contribution in [-0.4, -0.2) is 23.5 Å². The zero-order valence-corrected chi connectivity index (χ0v) is 11.9. The van der Waals surface area contributed by atoms with Crippen molar-refractivity contribution >= 4 is 23.3 Å². The van der Waals surface area contributed by atoms with Crippen molar-refractivity contribution in [3.8, 4) is 0 Å². The molecule has 110 valence electrons. The number of amidine groups is 1. The summed E-state index contributed by atoms with van der Waals surface area (Å²) in [5, 5.41) is 15.3. The Hall–Kier alpha value is -1.79. The number of unbranched alkanes of at least 4 members (excludes halogenated alkanes) is 1. The third-order valence-electron chi connectivity index (χ3n) is 2.80. The first kappa shape index (κ1) is 16.3. The van der Waals surface area contributed by atoms with Crippen LogP contribution in [0.3, 0.4) is 0 Å². The Balaban J connectivity index is 2.39. The Labute approximate surface area is 122 Å². The van der Waals surface area contributed by atoms with E-state index in [-0.39, 0.29) is 11.7 Å². The SMILES string of the molecule is NC(=O)CCCCNCc1ccc(/C(N)=N/O)cc1Cl. The monoisotopic (exact) mass is 298 g/mol. The number of nitrogens with one attached hydrogen (secondary N) is 1. The third kappa shape index (κ3) is 5.46. The van der Waals surface area contributed by atoms with Crippen molar-refractivity contribution in [3.63, 3.8) is 0 Å². The third-order valence-corrected chi connectivity index (χ3v) is 3.15. The van der Waals surface area contributed by atoms with E-state index in [0.717, 1.165) is 24.9 Å². The molecule has 0 saturated carbocycles. The van der Waals surface area contributed by atoms with Crippen molar-refractivity contribution in [2.24, 2.45) is 16.6 Å². The van der Waals surface area contributed by atoms with Crippen molar-refractivity contribution in [1.82, 2.24) is 5.32 Å². The fourth-order valence-electron chi connectivity index (χ4n) is 1.68. The molecule has 0 unspecified atom stereocenters. The lowest BCUT2D eigenvalue weighted by atomic mass is 10.1. The van der Waals surface area contributed by atoms with Crippen LogP contribution in [0.25, 0.3) is 0 Å². The maximum atomic E-state index is 10.6. The molecule has 0 aliphatic heterocycles. The van der Waals surface area contributed by atoms with Crippen molar-refractivity contribution in [2.75, 3.05) is 6.54 Å². The summed E-state index contributed by atoms with van der Waals surface area (Å²) >= 11 is 6.12. The predicted molar refractivity (Wildman–Crippen MR) is 78.7 cm³/mol. The molecule has 1 aromatic rings. The summed E-state index contributed by atoms with van der Waals surface area (Å²) in [6, 6.07) is 5.22. The minimum absolute atomic E-state index is 0.0258. The summed E-state index contributed by atoms with van der Waals surface area (Å²) in [6.45, 7) is 1.40.